The Kier molecular flexibility index (Phi) is 5.93. The smallest absolute Gasteiger partial charge is 0.410 e. The van der Waals surface area contributed by atoms with Crippen molar-refractivity contribution in [2.75, 3.05) is 13.1 Å². The van der Waals surface area contributed by atoms with Gasteiger partial charge in [-0.1, -0.05) is 19.8 Å². The van der Waals surface area contributed by atoms with Crippen LogP contribution < -0.4 is 5.32 Å². The fourth-order valence-corrected chi connectivity index (χ4v) is 3.51. The van der Waals surface area contributed by atoms with Crippen molar-refractivity contribution in [1.82, 2.24) is 10.2 Å². The van der Waals surface area contributed by atoms with Gasteiger partial charge in [-0.25, -0.2) is 4.79 Å². The lowest BCUT2D eigenvalue weighted by Crippen LogP contribution is -2.50. The maximum atomic E-state index is 12.6. The second-order valence-corrected chi connectivity index (χ2v) is 8.14. The van der Waals surface area contributed by atoms with E-state index in [1.54, 1.807) is 4.90 Å². The van der Waals surface area contributed by atoms with Crippen molar-refractivity contribution in [3.63, 3.8) is 0 Å². The van der Waals surface area contributed by atoms with Crippen LogP contribution in [0.15, 0.2) is 0 Å². The van der Waals surface area contributed by atoms with Gasteiger partial charge in [-0.2, -0.15) is 0 Å². The highest BCUT2D eigenvalue weighted by Gasteiger charge is 2.32. The summed E-state index contributed by atoms with van der Waals surface area (Å²) >= 11 is 0. The highest BCUT2D eigenvalue weighted by atomic mass is 16.6. The molecule has 2 amide bonds. The van der Waals surface area contributed by atoms with E-state index in [1.165, 1.54) is 19.3 Å². The zero-order valence-corrected chi connectivity index (χ0v) is 15.1. The van der Waals surface area contributed by atoms with Crippen LogP contribution in [0.3, 0.4) is 0 Å². The van der Waals surface area contributed by atoms with E-state index in [0.29, 0.717) is 25.0 Å². The first-order chi connectivity index (χ1) is 10.8. The third-order valence-corrected chi connectivity index (χ3v) is 4.88. The van der Waals surface area contributed by atoms with Crippen molar-refractivity contribution in [3.05, 3.63) is 0 Å². The van der Waals surface area contributed by atoms with E-state index in [2.05, 4.69) is 12.2 Å². The minimum absolute atomic E-state index is 0.106. The van der Waals surface area contributed by atoms with Crippen LogP contribution in [0.5, 0.6) is 0 Å². The van der Waals surface area contributed by atoms with Crippen LogP contribution in [0.1, 0.15) is 66.2 Å². The van der Waals surface area contributed by atoms with Gasteiger partial charge >= 0.3 is 6.09 Å². The molecule has 5 nitrogen and oxygen atoms in total. The molecule has 2 fully saturated rings. The van der Waals surface area contributed by atoms with Gasteiger partial charge in [0, 0.05) is 19.1 Å². The Labute approximate surface area is 140 Å². The third-order valence-electron chi connectivity index (χ3n) is 4.88. The third kappa shape index (κ3) is 5.40. The van der Waals surface area contributed by atoms with Gasteiger partial charge < -0.3 is 15.0 Å². The summed E-state index contributed by atoms with van der Waals surface area (Å²) < 4.78 is 5.43. The number of hydrogen-bond acceptors (Lipinski definition) is 3. The summed E-state index contributed by atoms with van der Waals surface area (Å²) in [5.74, 6) is 0.556. The van der Waals surface area contributed by atoms with Gasteiger partial charge in [0.25, 0.3) is 0 Å². The van der Waals surface area contributed by atoms with E-state index < -0.39 is 5.60 Å². The monoisotopic (exact) mass is 324 g/mol. The lowest BCUT2D eigenvalue weighted by molar-refractivity contribution is -0.127. The normalized spacial score (nSPS) is 29.0. The number of rotatable bonds is 2. The average molecular weight is 324 g/mol. The van der Waals surface area contributed by atoms with Gasteiger partial charge in [-0.15, -0.1) is 0 Å². The van der Waals surface area contributed by atoms with Gasteiger partial charge in [0.2, 0.25) is 5.91 Å². The molecule has 3 atom stereocenters. The molecule has 0 unspecified atom stereocenters. The molecule has 0 aromatic heterocycles. The first-order valence-corrected chi connectivity index (χ1v) is 9.04. The second kappa shape index (κ2) is 7.54. The second-order valence-electron chi connectivity index (χ2n) is 8.14. The Bertz CT molecular complexity index is 430. The van der Waals surface area contributed by atoms with Gasteiger partial charge in [-0.05, 0) is 52.4 Å². The maximum Gasteiger partial charge on any atom is 0.410 e. The zero-order chi connectivity index (χ0) is 17.0. The zero-order valence-electron chi connectivity index (χ0n) is 15.1. The Balaban J connectivity index is 1.87. The molecular weight excluding hydrogens is 292 g/mol. The van der Waals surface area contributed by atoms with Gasteiger partial charge in [0.05, 0.1) is 5.92 Å². The molecule has 1 aliphatic carbocycles. The molecule has 0 aromatic carbocycles. The minimum atomic E-state index is -0.496. The van der Waals surface area contributed by atoms with Crippen molar-refractivity contribution < 1.29 is 14.3 Å². The Morgan fingerprint density at radius 3 is 2.43 bits per heavy atom. The van der Waals surface area contributed by atoms with E-state index in [4.69, 9.17) is 4.74 Å². The molecule has 23 heavy (non-hydrogen) atoms. The number of nitrogens with zero attached hydrogens (tertiary/aromatic N) is 1. The number of amides is 2. The summed E-state index contributed by atoms with van der Waals surface area (Å²) in [6, 6.07) is 0.299. The summed E-state index contributed by atoms with van der Waals surface area (Å²) in [7, 11) is 0. The molecular formula is C18H32N2O3. The Morgan fingerprint density at radius 2 is 1.78 bits per heavy atom. The van der Waals surface area contributed by atoms with Crippen molar-refractivity contribution >= 4 is 12.0 Å². The van der Waals surface area contributed by atoms with Crippen LogP contribution in [-0.2, 0) is 9.53 Å². The lowest BCUT2D eigenvalue weighted by atomic mass is 9.85. The number of likely N-dealkylation sites (tertiary alicyclic amines) is 1. The first kappa shape index (κ1) is 18.1. The van der Waals surface area contributed by atoms with E-state index in [1.807, 2.05) is 20.8 Å². The van der Waals surface area contributed by atoms with Crippen LogP contribution in [0.4, 0.5) is 4.79 Å². The molecule has 132 valence electrons. The molecule has 1 aliphatic heterocycles. The topological polar surface area (TPSA) is 58.6 Å². The van der Waals surface area contributed by atoms with E-state index in [-0.39, 0.29) is 17.9 Å². The van der Waals surface area contributed by atoms with E-state index in [9.17, 15) is 9.59 Å². The van der Waals surface area contributed by atoms with Crippen LogP contribution in [0.25, 0.3) is 0 Å². The van der Waals surface area contributed by atoms with Gasteiger partial charge in [-0.3, -0.25) is 4.79 Å². The van der Waals surface area contributed by atoms with Crippen molar-refractivity contribution in [1.29, 1.82) is 0 Å². The van der Waals surface area contributed by atoms with E-state index >= 15 is 0 Å². The lowest BCUT2D eigenvalue weighted by Gasteiger charge is -2.35. The SMILES string of the molecule is C[C@@H]1CCCC[C@@H]1NC(=O)[C@@H]1CCCN(C(=O)OC(C)(C)C)C1. The molecule has 1 saturated carbocycles. The molecule has 1 N–H and O–H groups in total. The fourth-order valence-electron chi connectivity index (χ4n) is 3.51. The predicted octanol–water partition coefficient (Wildman–Crippen LogP) is 3.33. The van der Waals surface area contributed by atoms with Crippen LogP contribution in [0, 0.1) is 11.8 Å². The predicted molar refractivity (Wildman–Crippen MR) is 90.1 cm³/mol. The van der Waals surface area contributed by atoms with Crippen LogP contribution in [-0.4, -0.2) is 41.6 Å². The summed E-state index contributed by atoms with van der Waals surface area (Å²) in [5.41, 5.74) is -0.496. The quantitative estimate of drug-likeness (QED) is 0.847. The molecule has 1 heterocycles. The number of hydrogen-bond donors (Lipinski definition) is 1. The molecule has 1 saturated heterocycles. The average Bonchev–Trinajstić information content (AvgIpc) is 2.48. The van der Waals surface area contributed by atoms with Crippen molar-refractivity contribution in [2.45, 2.75) is 77.9 Å². The van der Waals surface area contributed by atoms with Gasteiger partial charge in [0.1, 0.15) is 5.60 Å². The maximum absolute atomic E-state index is 12.6. The summed E-state index contributed by atoms with van der Waals surface area (Å²) in [6.07, 6.45) is 6.15. The standard InChI is InChI=1S/C18H32N2O3/c1-13-8-5-6-10-15(13)19-16(21)14-9-7-11-20(12-14)17(22)23-18(2,3)4/h13-15H,5-12H2,1-4H3,(H,19,21)/t13-,14-,15+/m1/s1. The Hall–Kier alpha value is -1.26. The molecule has 0 bridgehead atoms. The van der Waals surface area contributed by atoms with E-state index in [0.717, 1.165) is 19.3 Å². The molecule has 0 radical (unpaired) electrons. The summed E-state index contributed by atoms with van der Waals surface area (Å²) in [4.78, 5) is 26.5. The van der Waals surface area contributed by atoms with Crippen molar-refractivity contribution in [3.8, 4) is 0 Å². The fraction of sp³-hybridized carbons (Fsp3) is 0.889. The number of ether oxygens (including phenoxy) is 1. The number of piperidine rings is 1. The van der Waals surface area contributed by atoms with Crippen molar-refractivity contribution in [2.24, 2.45) is 11.8 Å². The summed E-state index contributed by atoms with van der Waals surface area (Å²) in [5, 5.41) is 3.23. The summed E-state index contributed by atoms with van der Waals surface area (Å²) in [6.45, 7) is 8.97. The molecule has 2 rings (SSSR count). The Morgan fingerprint density at radius 1 is 1.09 bits per heavy atom. The number of nitrogens with one attached hydrogen (secondary N) is 1. The molecule has 0 aromatic rings. The highest BCUT2D eigenvalue weighted by Crippen LogP contribution is 2.25. The largest absolute Gasteiger partial charge is 0.444 e. The minimum Gasteiger partial charge on any atom is -0.444 e. The highest BCUT2D eigenvalue weighted by molar-refractivity contribution is 5.80. The van der Waals surface area contributed by atoms with Crippen LogP contribution >= 0.6 is 0 Å². The van der Waals surface area contributed by atoms with Crippen LogP contribution in [0.2, 0.25) is 0 Å². The molecule has 2 aliphatic rings. The number of carbonyl (C=O) groups excluding carboxylic acids is 2. The first-order valence-electron chi connectivity index (χ1n) is 9.04. The molecule has 5 heteroatoms. The molecule has 0 spiro atoms. The number of carbonyl (C=O) groups is 2. The van der Waals surface area contributed by atoms with Gasteiger partial charge in [0.15, 0.2) is 0 Å².